The molecule has 2 nitrogen and oxygen atoms in total. The van der Waals surface area contributed by atoms with Crippen LogP contribution in [0.5, 0.6) is 0 Å². The number of unbranched alkanes of at least 4 members (excludes halogenated alkanes) is 1. The van der Waals surface area contributed by atoms with Gasteiger partial charge in [-0.15, -0.1) is 0 Å². The summed E-state index contributed by atoms with van der Waals surface area (Å²) >= 11 is 3.33. The van der Waals surface area contributed by atoms with E-state index in [1.807, 2.05) is 0 Å². The van der Waals surface area contributed by atoms with E-state index in [0.717, 1.165) is 6.54 Å². The van der Waals surface area contributed by atoms with Gasteiger partial charge in [0.15, 0.2) is 0 Å². The summed E-state index contributed by atoms with van der Waals surface area (Å²) in [6, 6.07) is 0. The minimum absolute atomic E-state index is 1.10. The Hall–Kier alpha value is -0.910. The van der Waals surface area contributed by atoms with Crippen LogP contribution in [0.1, 0.15) is 26.7 Å². The molecule has 0 fully saturated rings. The summed E-state index contributed by atoms with van der Waals surface area (Å²) in [6.07, 6.45) is 9.24. The normalized spacial score (nSPS) is 13.3. The van der Waals surface area contributed by atoms with E-state index >= 15 is 0 Å². The molecule has 1 N–H and O–H groups in total. The van der Waals surface area contributed by atoms with E-state index in [4.69, 9.17) is 4.78 Å². The van der Waals surface area contributed by atoms with Crippen molar-refractivity contribution in [2.75, 3.05) is 13.1 Å². The molecule has 0 aromatic carbocycles. The molecule has 17 heavy (non-hydrogen) atoms. The lowest BCUT2D eigenvalue weighted by molar-refractivity contribution is 0.00819. The van der Waals surface area contributed by atoms with E-state index in [1.165, 1.54) is 25.0 Å². The molecule has 0 aromatic rings. The highest BCUT2D eigenvalue weighted by Crippen LogP contribution is 2.06. The van der Waals surface area contributed by atoms with Crippen molar-refractivity contribution in [3.63, 3.8) is 0 Å². The van der Waals surface area contributed by atoms with E-state index in [-0.39, 0.29) is 0 Å². The van der Waals surface area contributed by atoms with Gasteiger partial charge in [0.05, 0.1) is 0 Å². The first-order chi connectivity index (χ1) is 8.06. The van der Waals surface area contributed by atoms with Crippen molar-refractivity contribution in [3.05, 3.63) is 23.9 Å². The topological polar surface area (TPSA) is 27.1 Å². The van der Waals surface area contributed by atoms with Crippen LogP contribution in [0.3, 0.4) is 0 Å². The van der Waals surface area contributed by atoms with E-state index in [9.17, 15) is 13.2 Å². The van der Waals surface area contributed by atoms with Crippen LogP contribution < -0.4 is 0 Å². The van der Waals surface area contributed by atoms with E-state index < -0.39 is 6.68 Å². The fourth-order valence-electron chi connectivity index (χ4n) is 1.14. The number of nitrogens with one attached hydrogen (secondary N) is 1. The third-order valence-corrected chi connectivity index (χ3v) is 1.99. The molecule has 0 bridgehead atoms. The molecule has 0 amide bonds. The second-order valence-electron chi connectivity index (χ2n) is 3.36. The van der Waals surface area contributed by atoms with Crippen LogP contribution in [0, 0.1) is 4.78 Å². The minimum Gasteiger partial charge on any atom is -0.374 e. The Kier molecular flexibility index (Phi) is 14.3. The van der Waals surface area contributed by atoms with Crippen LogP contribution in [-0.2, 0) is 12.4 Å². The van der Waals surface area contributed by atoms with Crippen LogP contribution in [0.25, 0.3) is 0 Å². The highest BCUT2D eigenvalue weighted by atomic mass is 32.1. The second kappa shape index (κ2) is 13.2. The second-order valence-corrected chi connectivity index (χ2v) is 3.36. The average molecular weight is 268 g/mol. The lowest BCUT2D eigenvalue weighted by Gasteiger charge is -2.21. The fraction of sp³-hybridized carbons (Fsp3) is 0.636. The molecule has 1 aliphatic rings. The van der Waals surface area contributed by atoms with Crippen molar-refractivity contribution in [1.29, 1.82) is 4.78 Å². The van der Waals surface area contributed by atoms with Crippen molar-refractivity contribution in [2.24, 2.45) is 0 Å². The number of nitrogens with zero attached hydrogens (tertiary/aromatic N) is 1. The summed E-state index contributed by atoms with van der Waals surface area (Å²) in [4.78, 5) is 2.36. The van der Waals surface area contributed by atoms with Gasteiger partial charge in [-0.2, -0.15) is 13.2 Å². The smallest absolute Gasteiger partial charge is 0.374 e. The van der Waals surface area contributed by atoms with Gasteiger partial charge in [-0.1, -0.05) is 25.0 Å². The zero-order chi connectivity index (χ0) is 13.7. The first-order valence-electron chi connectivity index (χ1n) is 5.28. The molecule has 0 unspecified atom stereocenters. The van der Waals surface area contributed by atoms with Crippen molar-refractivity contribution in [1.82, 2.24) is 4.90 Å². The van der Waals surface area contributed by atoms with Crippen LogP contribution in [0.15, 0.2) is 23.9 Å². The molecule has 0 spiro atoms. The van der Waals surface area contributed by atoms with Gasteiger partial charge in [-0.3, -0.25) is 0 Å². The van der Waals surface area contributed by atoms with Gasteiger partial charge >= 0.3 is 6.68 Å². The number of rotatable bonds is 3. The lowest BCUT2D eigenvalue weighted by atomic mass is 10.2. The van der Waals surface area contributed by atoms with Gasteiger partial charge in [-0.25, -0.2) is 4.78 Å². The molecule has 0 radical (unpaired) electrons. The van der Waals surface area contributed by atoms with Crippen molar-refractivity contribution < 1.29 is 13.2 Å². The number of allylic oxidation sites excluding steroid dienone is 2. The largest absolute Gasteiger partial charge is 0.379 e. The third-order valence-electron chi connectivity index (χ3n) is 1.99. The van der Waals surface area contributed by atoms with Crippen molar-refractivity contribution in [2.45, 2.75) is 33.4 Å². The Morgan fingerprint density at radius 1 is 1.41 bits per heavy atom. The highest BCUT2D eigenvalue weighted by Gasteiger charge is 1.99. The van der Waals surface area contributed by atoms with Gasteiger partial charge in [-0.05, 0) is 25.6 Å². The molecular weight excluding hydrogens is 249 g/mol. The number of alkyl halides is 3. The third kappa shape index (κ3) is 15.1. The van der Waals surface area contributed by atoms with Crippen LogP contribution >= 0.6 is 0 Å². The van der Waals surface area contributed by atoms with Gasteiger partial charge in [0.25, 0.3) is 0 Å². The van der Waals surface area contributed by atoms with Crippen LogP contribution in [-0.4, -0.2) is 24.7 Å². The monoisotopic (exact) mass is 268 g/mol. The minimum atomic E-state index is -3.67. The number of halogens is 3. The summed E-state index contributed by atoms with van der Waals surface area (Å²) in [7, 11) is 0. The Morgan fingerprint density at radius 3 is 2.29 bits per heavy atom. The quantitative estimate of drug-likeness (QED) is 0.836. The van der Waals surface area contributed by atoms with E-state index in [0.29, 0.717) is 0 Å². The maximum absolute atomic E-state index is 9.67. The van der Waals surface area contributed by atoms with Crippen molar-refractivity contribution in [3.8, 4) is 0 Å². The van der Waals surface area contributed by atoms with Crippen molar-refractivity contribution >= 4 is 12.4 Å². The summed E-state index contributed by atoms with van der Waals surface area (Å²) in [5.41, 5.74) is 1.39. The number of hydrogen-bond acceptors (Lipinski definition) is 3. The molecule has 0 saturated carbocycles. The first kappa shape index (κ1) is 18.5. The van der Waals surface area contributed by atoms with Crippen LogP contribution in [0.2, 0.25) is 0 Å². The molecule has 1 heterocycles. The summed E-state index contributed by atoms with van der Waals surface area (Å²) in [5, 5.41) is 0. The Labute approximate surface area is 106 Å². The standard InChI is InChI=1S/C10H17N.CHF3.HNS/c1-3-4-7-11-8-5-10(2)6-9-11;2-1(3)4;1-2/h5-6,8H,3-4,7,9H2,1-2H3;1H;1H. The summed E-state index contributed by atoms with van der Waals surface area (Å²) in [6.45, 7) is 3.02. The fourth-order valence-corrected chi connectivity index (χ4v) is 1.14. The molecule has 6 heteroatoms. The molecule has 0 aromatic heterocycles. The Morgan fingerprint density at radius 2 is 1.94 bits per heavy atom. The molecule has 1 rings (SSSR count). The average Bonchev–Trinajstić information content (AvgIpc) is 2.30. The van der Waals surface area contributed by atoms with E-state index in [2.05, 4.69) is 49.5 Å². The molecule has 100 valence electrons. The lowest BCUT2D eigenvalue weighted by Crippen LogP contribution is -2.20. The predicted octanol–water partition coefficient (Wildman–Crippen LogP) is 4.04. The number of hydrogen-bond donors (Lipinski definition) is 1. The zero-order valence-electron chi connectivity index (χ0n) is 10.1. The zero-order valence-corrected chi connectivity index (χ0v) is 10.9. The maximum atomic E-state index is 9.67. The summed E-state index contributed by atoms with van der Waals surface area (Å²) < 4.78 is 34.3. The van der Waals surface area contributed by atoms with E-state index in [1.54, 1.807) is 0 Å². The van der Waals surface area contributed by atoms with Gasteiger partial charge < -0.3 is 4.90 Å². The Balaban J connectivity index is 0. The summed E-state index contributed by atoms with van der Waals surface area (Å²) in [5.74, 6) is 0. The molecular formula is C11H19F3N2S. The predicted molar refractivity (Wildman–Crippen MR) is 66.6 cm³/mol. The van der Waals surface area contributed by atoms with Gasteiger partial charge in [0.2, 0.25) is 0 Å². The molecule has 0 atom stereocenters. The SMILES string of the molecule is CCCCN1C=CC(C)=CC1.FC(F)F.N=S. The highest BCUT2D eigenvalue weighted by molar-refractivity contribution is 7.45. The first-order valence-corrected chi connectivity index (χ1v) is 5.68. The Bertz CT molecular complexity index is 230. The van der Waals surface area contributed by atoms with Gasteiger partial charge in [0.1, 0.15) is 0 Å². The molecule has 0 aliphatic carbocycles. The maximum Gasteiger partial charge on any atom is 0.379 e. The van der Waals surface area contributed by atoms with Crippen LogP contribution in [0.4, 0.5) is 13.2 Å². The molecule has 1 aliphatic heterocycles. The van der Waals surface area contributed by atoms with Gasteiger partial charge in [0, 0.05) is 25.5 Å². The molecule has 0 saturated heterocycles.